The van der Waals surface area contributed by atoms with Gasteiger partial charge in [0.05, 0.1) is 0 Å². The van der Waals surface area contributed by atoms with Crippen LogP contribution in [0, 0.1) is 0 Å². The molecule has 1 aromatic carbocycles. The predicted molar refractivity (Wildman–Crippen MR) is 114 cm³/mol. The van der Waals surface area contributed by atoms with E-state index >= 15 is 0 Å². The van der Waals surface area contributed by atoms with Crippen LogP contribution in [0.2, 0.25) is 0 Å². The quantitative estimate of drug-likeness (QED) is 0.619. The number of amides is 1. The number of hydrogen-bond acceptors (Lipinski definition) is 5. The molecule has 0 atom stereocenters. The molecule has 1 fully saturated rings. The fourth-order valence-electron chi connectivity index (χ4n) is 3.39. The highest BCUT2D eigenvalue weighted by molar-refractivity contribution is 5.76. The van der Waals surface area contributed by atoms with Gasteiger partial charge in [-0.2, -0.15) is 5.10 Å². The Morgan fingerprint density at radius 3 is 2.53 bits per heavy atom. The Labute approximate surface area is 174 Å². The van der Waals surface area contributed by atoms with E-state index in [0.717, 1.165) is 19.6 Å². The van der Waals surface area contributed by atoms with Crippen molar-refractivity contribution < 1.29 is 4.79 Å². The smallest absolute Gasteiger partial charge is 0.267 e. The Bertz CT molecular complexity index is 1050. The van der Waals surface area contributed by atoms with E-state index in [-0.39, 0.29) is 18.0 Å². The minimum Gasteiger partial charge on any atom is -0.339 e. The van der Waals surface area contributed by atoms with Crippen LogP contribution in [0.5, 0.6) is 0 Å². The standard InChI is InChI=1S/C22H24N6O2/c29-21-10-9-20(27-13-5-11-23-27)24-28(21)18-22(30)26-16-14-25(15-17-26)12-4-8-19-6-2-1-3-7-19/h1-11,13H,12,14-18H2/b8-4+. The van der Waals surface area contributed by atoms with Crippen LogP contribution in [0.1, 0.15) is 5.56 Å². The van der Waals surface area contributed by atoms with Gasteiger partial charge in [0, 0.05) is 51.2 Å². The molecule has 0 spiro atoms. The van der Waals surface area contributed by atoms with Crippen LogP contribution in [-0.2, 0) is 11.3 Å². The van der Waals surface area contributed by atoms with Crippen LogP contribution in [-0.4, -0.2) is 68.0 Å². The zero-order valence-corrected chi connectivity index (χ0v) is 16.7. The molecule has 8 heteroatoms. The molecule has 4 rings (SSSR count). The van der Waals surface area contributed by atoms with Gasteiger partial charge < -0.3 is 4.90 Å². The summed E-state index contributed by atoms with van der Waals surface area (Å²) in [5, 5.41) is 8.38. The van der Waals surface area contributed by atoms with E-state index in [1.54, 1.807) is 34.1 Å². The zero-order valence-electron chi connectivity index (χ0n) is 16.7. The summed E-state index contributed by atoms with van der Waals surface area (Å²) in [6.45, 7) is 3.68. The minimum absolute atomic E-state index is 0.0676. The lowest BCUT2D eigenvalue weighted by Crippen LogP contribution is -2.50. The minimum atomic E-state index is -0.302. The molecule has 1 aliphatic rings. The molecule has 1 amide bonds. The van der Waals surface area contributed by atoms with Crippen molar-refractivity contribution in [2.45, 2.75) is 6.54 Å². The first-order valence-electron chi connectivity index (χ1n) is 9.99. The lowest BCUT2D eigenvalue weighted by atomic mass is 10.2. The molecule has 0 bridgehead atoms. The van der Waals surface area contributed by atoms with Gasteiger partial charge in [-0.1, -0.05) is 42.5 Å². The van der Waals surface area contributed by atoms with Crippen LogP contribution in [0.15, 0.2) is 71.8 Å². The summed E-state index contributed by atoms with van der Waals surface area (Å²) < 4.78 is 2.76. The molecule has 2 aromatic heterocycles. The van der Waals surface area contributed by atoms with Crippen molar-refractivity contribution in [1.29, 1.82) is 0 Å². The average molecular weight is 404 g/mol. The summed E-state index contributed by atoms with van der Waals surface area (Å²) in [6, 6.07) is 15.0. The van der Waals surface area contributed by atoms with E-state index in [0.29, 0.717) is 18.9 Å². The Kier molecular flexibility index (Phi) is 6.14. The zero-order chi connectivity index (χ0) is 20.8. The maximum atomic E-state index is 12.7. The molecule has 0 unspecified atom stereocenters. The maximum absolute atomic E-state index is 12.7. The van der Waals surface area contributed by atoms with Crippen LogP contribution in [0.3, 0.4) is 0 Å². The second-order valence-corrected chi connectivity index (χ2v) is 7.13. The van der Waals surface area contributed by atoms with Crippen molar-refractivity contribution in [3.63, 3.8) is 0 Å². The summed E-state index contributed by atoms with van der Waals surface area (Å²) in [7, 11) is 0. The van der Waals surface area contributed by atoms with Crippen molar-refractivity contribution in [1.82, 2.24) is 29.4 Å². The third kappa shape index (κ3) is 4.90. The van der Waals surface area contributed by atoms with E-state index < -0.39 is 0 Å². The van der Waals surface area contributed by atoms with Gasteiger partial charge >= 0.3 is 0 Å². The summed E-state index contributed by atoms with van der Waals surface area (Å²) >= 11 is 0. The van der Waals surface area contributed by atoms with Gasteiger partial charge in [-0.25, -0.2) is 9.36 Å². The molecule has 1 saturated heterocycles. The molecule has 0 aliphatic carbocycles. The maximum Gasteiger partial charge on any atom is 0.267 e. The second kappa shape index (κ2) is 9.32. The normalized spacial score (nSPS) is 15.0. The van der Waals surface area contributed by atoms with Gasteiger partial charge in [-0.15, -0.1) is 5.10 Å². The van der Waals surface area contributed by atoms with Crippen molar-refractivity contribution in [2.24, 2.45) is 0 Å². The number of carbonyl (C=O) groups excluding carboxylic acids is 1. The molecule has 0 saturated carbocycles. The molecule has 8 nitrogen and oxygen atoms in total. The highest BCUT2D eigenvalue weighted by Crippen LogP contribution is 2.06. The Balaban J connectivity index is 1.30. The monoisotopic (exact) mass is 404 g/mol. The van der Waals surface area contributed by atoms with E-state index in [4.69, 9.17) is 0 Å². The van der Waals surface area contributed by atoms with Crippen molar-refractivity contribution in [3.05, 3.63) is 82.9 Å². The van der Waals surface area contributed by atoms with Crippen molar-refractivity contribution >= 4 is 12.0 Å². The van der Waals surface area contributed by atoms with E-state index in [9.17, 15) is 9.59 Å². The van der Waals surface area contributed by atoms with Crippen molar-refractivity contribution in [2.75, 3.05) is 32.7 Å². The summed E-state index contributed by atoms with van der Waals surface area (Å²) in [4.78, 5) is 28.9. The third-order valence-electron chi connectivity index (χ3n) is 5.08. The van der Waals surface area contributed by atoms with E-state index in [1.165, 1.54) is 16.3 Å². The van der Waals surface area contributed by atoms with Gasteiger partial charge in [0.2, 0.25) is 5.91 Å². The van der Waals surface area contributed by atoms with Gasteiger partial charge in [0.1, 0.15) is 6.54 Å². The number of rotatable bonds is 6. The van der Waals surface area contributed by atoms with Crippen molar-refractivity contribution in [3.8, 4) is 5.82 Å². The molecule has 3 heterocycles. The number of carbonyl (C=O) groups is 1. The third-order valence-corrected chi connectivity index (χ3v) is 5.08. The number of piperazine rings is 1. The molecular formula is C22H24N6O2. The molecule has 3 aromatic rings. The second-order valence-electron chi connectivity index (χ2n) is 7.13. The average Bonchev–Trinajstić information content (AvgIpc) is 3.31. The number of benzene rings is 1. The molecule has 30 heavy (non-hydrogen) atoms. The van der Waals surface area contributed by atoms with Gasteiger partial charge in [-0.05, 0) is 17.7 Å². The highest BCUT2D eigenvalue weighted by Gasteiger charge is 2.21. The van der Waals surface area contributed by atoms with Crippen LogP contribution in [0.4, 0.5) is 0 Å². The van der Waals surface area contributed by atoms with Gasteiger partial charge in [0.25, 0.3) is 5.56 Å². The number of hydrogen-bond donors (Lipinski definition) is 0. The SMILES string of the molecule is O=C(Cn1nc(-n2cccn2)ccc1=O)N1CCN(C/C=C/c2ccccc2)CC1. The Hall–Kier alpha value is -3.52. The molecule has 1 aliphatic heterocycles. The number of nitrogens with zero attached hydrogens (tertiary/aromatic N) is 6. The Morgan fingerprint density at radius 2 is 1.80 bits per heavy atom. The topological polar surface area (TPSA) is 76.3 Å². The largest absolute Gasteiger partial charge is 0.339 e. The molecule has 0 radical (unpaired) electrons. The van der Waals surface area contributed by atoms with Crippen LogP contribution >= 0.6 is 0 Å². The fraction of sp³-hybridized carbons (Fsp3) is 0.273. The molecule has 154 valence electrons. The Morgan fingerprint density at radius 1 is 1.00 bits per heavy atom. The summed E-state index contributed by atoms with van der Waals surface area (Å²) in [6.07, 6.45) is 7.64. The molecular weight excluding hydrogens is 380 g/mol. The summed E-state index contributed by atoms with van der Waals surface area (Å²) in [5.41, 5.74) is 0.880. The number of aromatic nitrogens is 4. The van der Waals surface area contributed by atoms with Crippen LogP contribution < -0.4 is 5.56 Å². The first kappa shape index (κ1) is 19.8. The fourth-order valence-corrected chi connectivity index (χ4v) is 3.39. The molecule has 0 N–H and O–H groups in total. The summed E-state index contributed by atoms with van der Waals surface area (Å²) in [5.74, 6) is 0.407. The first-order valence-corrected chi connectivity index (χ1v) is 9.99. The highest BCUT2D eigenvalue weighted by atomic mass is 16.2. The van der Waals surface area contributed by atoms with E-state index in [2.05, 4.69) is 39.4 Å². The van der Waals surface area contributed by atoms with Gasteiger partial charge in [0.15, 0.2) is 5.82 Å². The van der Waals surface area contributed by atoms with E-state index in [1.807, 2.05) is 18.2 Å². The van der Waals surface area contributed by atoms with Crippen LogP contribution in [0.25, 0.3) is 11.9 Å². The van der Waals surface area contributed by atoms with Gasteiger partial charge in [-0.3, -0.25) is 14.5 Å². The first-order chi connectivity index (χ1) is 14.7. The lowest BCUT2D eigenvalue weighted by molar-refractivity contribution is -0.133. The predicted octanol–water partition coefficient (Wildman–Crippen LogP) is 1.29. The lowest BCUT2D eigenvalue weighted by Gasteiger charge is -2.34.